The lowest BCUT2D eigenvalue weighted by Gasteiger charge is -2.31. The fourth-order valence-electron chi connectivity index (χ4n) is 2.87. The number of nitrogens with zero attached hydrogens (tertiary/aromatic N) is 2. The Balaban J connectivity index is 1.61. The summed E-state index contributed by atoms with van der Waals surface area (Å²) in [5.74, 6) is 1.02. The normalized spacial score (nSPS) is 15.3. The molecule has 1 aliphatic rings. The van der Waals surface area contributed by atoms with Gasteiger partial charge in [-0.25, -0.2) is 0 Å². The number of benzene rings is 1. The third-order valence-corrected chi connectivity index (χ3v) is 4.37. The molecule has 3 rings (SSSR count). The van der Waals surface area contributed by atoms with E-state index < -0.39 is 0 Å². The highest BCUT2D eigenvalue weighted by Crippen LogP contribution is 2.21. The molecule has 0 spiro atoms. The molecule has 1 N–H and O–H groups in total. The van der Waals surface area contributed by atoms with Crippen LogP contribution in [0.15, 0.2) is 48.8 Å². The standard InChI is InChI=1S/C19H22N2O3/c22-13-15-6-9-21(10-7-15)19(23)17-4-1-5-18(11-17)24-14-16-3-2-8-20-12-16/h1-5,8,11-12,15,22H,6-7,9-10,13-14H2. The molecular formula is C19H22N2O3. The zero-order valence-electron chi connectivity index (χ0n) is 13.6. The maximum Gasteiger partial charge on any atom is 0.253 e. The van der Waals surface area contributed by atoms with E-state index in [1.165, 1.54) is 0 Å². The lowest BCUT2D eigenvalue weighted by molar-refractivity contribution is 0.0650. The number of aliphatic hydroxyl groups is 1. The zero-order chi connectivity index (χ0) is 16.8. The first-order chi connectivity index (χ1) is 11.8. The molecular weight excluding hydrogens is 304 g/mol. The van der Waals surface area contributed by atoms with Gasteiger partial charge in [-0.15, -0.1) is 0 Å². The maximum atomic E-state index is 12.6. The van der Waals surface area contributed by atoms with Gasteiger partial charge in [0, 0.05) is 43.2 Å². The number of ether oxygens (including phenoxy) is 1. The van der Waals surface area contributed by atoms with Crippen LogP contribution in [-0.2, 0) is 6.61 Å². The summed E-state index contributed by atoms with van der Waals surface area (Å²) in [7, 11) is 0. The van der Waals surface area contributed by atoms with Gasteiger partial charge in [0.05, 0.1) is 0 Å². The number of likely N-dealkylation sites (tertiary alicyclic amines) is 1. The average Bonchev–Trinajstić information content (AvgIpc) is 2.67. The lowest BCUT2D eigenvalue weighted by atomic mass is 9.97. The van der Waals surface area contributed by atoms with Crippen molar-refractivity contribution in [3.05, 3.63) is 59.9 Å². The Bertz CT molecular complexity index is 667. The van der Waals surface area contributed by atoms with Crippen LogP contribution < -0.4 is 4.74 Å². The van der Waals surface area contributed by atoms with E-state index in [4.69, 9.17) is 4.74 Å². The summed E-state index contributed by atoms with van der Waals surface area (Å²) in [6.07, 6.45) is 5.21. The lowest BCUT2D eigenvalue weighted by Crippen LogP contribution is -2.39. The van der Waals surface area contributed by atoms with Crippen molar-refractivity contribution in [2.24, 2.45) is 5.92 Å². The number of amides is 1. The average molecular weight is 326 g/mol. The second kappa shape index (κ2) is 7.93. The van der Waals surface area contributed by atoms with Crippen molar-refractivity contribution in [3.63, 3.8) is 0 Å². The molecule has 2 aromatic rings. The van der Waals surface area contributed by atoms with Crippen molar-refractivity contribution >= 4 is 5.91 Å². The van der Waals surface area contributed by atoms with Gasteiger partial charge in [-0.1, -0.05) is 12.1 Å². The van der Waals surface area contributed by atoms with Gasteiger partial charge in [0.2, 0.25) is 0 Å². The maximum absolute atomic E-state index is 12.6. The Morgan fingerprint density at radius 1 is 1.25 bits per heavy atom. The van der Waals surface area contributed by atoms with Gasteiger partial charge in [-0.05, 0) is 43.0 Å². The summed E-state index contributed by atoms with van der Waals surface area (Å²) in [6.45, 7) is 2.03. The molecule has 5 heteroatoms. The number of rotatable bonds is 5. The first kappa shape index (κ1) is 16.5. The van der Waals surface area contributed by atoms with Crippen LogP contribution in [0.5, 0.6) is 5.75 Å². The van der Waals surface area contributed by atoms with Crippen LogP contribution in [0.1, 0.15) is 28.8 Å². The van der Waals surface area contributed by atoms with Crippen LogP contribution in [0.2, 0.25) is 0 Å². The molecule has 0 unspecified atom stereocenters. The van der Waals surface area contributed by atoms with E-state index in [1.54, 1.807) is 18.5 Å². The summed E-state index contributed by atoms with van der Waals surface area (Å²) >= 11 is 0. The van der Waals surface area contributed by atoms with Crippen molar-refractivity contribution < 1.29 is 14.6 Å². The molecule has 1 saturated heterocycles. The first-order valence-electron chi connectivity index (χ1n) is 8.28. The second-order valence-electron chi connectivity index (χ2n) is 6.10. The van der Waals surface area contributed by atoms with Crippen molar-refractivity contribution in [1.29, 1.82) is 0 Å². The minimum absolute atomic E-state index is 0.0261. The van der Waals surface area contributed by atoms with Crippen molar-refractivity contribution in [1.82, 2.24) is 9.88 Å². The number of carbonyl (C=O) groups excluding carboxylic acids is 1. The summed E-state index contributed by atoms with van der Waals surface area (Å²) in [5, 5.41) is 9.20. The summed E-state index contributed by atoms with van der Waals surface area (Å²) in [5.41, 5.74) is 1.63. The van der Waals surface area contributed by atoms with Crippen molar-refractivity contribution in [3.8, 4) is 5.75 Å². The Morgan fingerprint density at radius 3 is 2.79 bits per heavy atom. The van der Waals surface area contributed by atoms with Gasteiger partial charge in [0.15, 0.2) is 0 Å². The highest BCUT2D eigenvalue weighted by molar-refractivity contribution is 5.94. The molecule has 5 nitrogen and oxygen atoms in total. The summed E-state index contributed by atoms with van der Waals surface area (Å²) < 4.78 is 5.76. The van der Waals surface area contributed by atoms with Crippen LogP contribution in [0, 0.1) is 5.92 Å². The second-order valence-corrected chi connectivity index (χ2v) is 6.10. The zero-order valence-corrected chi connectivity index (χ0v) is 13.6. The van der Waals surface area contributed by atoms with E-state index in [-0.39, 0.29) is 12.5 Å². The van der Waals surface area contributed by atoms with Gasteiger partial charge in [0.1, 0.15) is 12.4 Å². The molecule has 1 aromatic carbocycles. The van der Waals surface area contributed by atoms with Crippen molar-refractivity contribution in [2.75, 3.05) is 19.7 Å². The van der Waals surface area contributed by atoms with Crippen LogP contribution in [0.3, 0.4) is 0 Å². The Hall–Kier alpha value is -2.40. The predicted octanol–water partition coefficient (Wildman–Crippen LogP) is 2.51. The molecule has 24 heavy (non-hydrogen) atoms. The van der Waals surface area contributed by atoms with E-state index in [0.29, 0.717) is 36.9 Å². The van der Waals surface area contributed by atoms with Crippen molar-refractivity contribution in [2.45, 2.75) is 19.4 Å². The summed E-state index contributed by atoms with van der Waals surface area (Å²) in [6, 6.07) is 11.1. The van der Waals surface area contributed by atoms with Crippen LogP contribution in [0.4, 0.5) is 0 Å². The van der Waals surface area contributed by atoms with Crippen LogP contribution in [-0.4, -0.2) is 40.6 Å². The van der Waals surface area contributed by atoms with Gasteiger partial charge < -0.3 is 14.7 Å². The minimum Gasteiger partial charge on any atom is -0.489 e. The number of aliphatic hydroxyl groups excluding tert-OH is 1. The topological polar surface area (TPSA) is 62.7 Å². The predicted molar refractivity (Wildman–Crippen MR) is 90.7 cm³/mol. The third-order valence-electron chi connectivity index (χ3n) is 4.37. The van der Waals surface area contributed by atoms with Gasteiger partial charge in [-0.2, -0.15) is 0 Å². The molecule has 2 heterocycles. The highest BCUT2D eigenvalue weighted by Gasteiger charge is 2.23. The van der Waals surface area contributed by atoms with Crippen LogP contribution in [0.25, 0.3) is 0 Å². The van der Waals surface area contributed by atoms with E-state index >= 15 is 0 Å². The molecule has 1 aliphatic heterocycles. The number of hydrogen-bond donors (Lipinski definition) is 1. The van der Waals surface area contributed by atoms with E-state index in [9.17, 15) is 9.90 Å². The van der Waals surface area contributed by atoms with Gasteiger partial charge in [-0.3, -0.25) is 9.78 Å². The number of pyridine rings is 1. The Kier molecular flexibility index (Phi) is 5.43. The molecule has 0 radical (unpaired) electrons. The number of aromatic nitrogens is 1. The number of hydrogen-bond acceptors (Lipinski definition) is 4. The SMILES string of the molecule is O=C(c1cccc(OCc2cccnc2)c1)N1CCC(CO)CC1. The fraction of sp³-hybridized carbons (Fsp3) is 0.368. The number of carbonyl (C=O) groups is 1. The molecule has 0 saturated carbocycles. The van der Waals surface area contributed by atoms with Gasteiger partial charge in [0.25, 0.3) is 5.91 Å². The molecule has 1 aromatic heterocycles. The molecule has 126 valence electrons. The monoisotopic (exact) mass is 326 g/mol. The largest absolute Gasteiger partial charge is 0.489 e. The summed E-state index contributed by atoms with van der Waals surface area (Å²) in [4.78, 5) is 18.5. The molecule has 0 atom stereocenters. The Labute approximate surface area is 141 Å². The third kappa shape index (κ3) is 4.11. The smallest absolute Gasteiger partial charge is 0.253 e. The fourth-order valence-corrected chi connectivity index (χ4v) is 2.87. The first-order valence-corrected chi connectivity index (χ1v) is 8.28. The highest BCUT2D eigenvalue weighted by atomic mass is 16.5. The quantitative estimate of drug-likeness (QED) is 0.917. The van der Waals surface area contributed by atoms with E-state index in [2.05, 4.69) is 4.98 Å². The van der Waals surface area contributed by atoms with E-state index in [0.717, 1.165) is 18.4 Å². The van der Waals surface area contributed by atoms with Gasteiger partial charge >= 0.3 is 0 Å². The molecule has 0 bridgehead atoms. The van der Waals surface area contributed by atoms with Crippen LogP contribution >= 0.6 is 0 Å². The molecule has 1 amide bonds. The molecule has 1 fully saturated rings. The van der Waals surface area contributed by atoms with E-state index in [1.807, 2.05) is 35.2 Å². The minimum atomic E-state index is 0.0261. The number of piperidine rings is 1. The Morgan fingerprint density at radius 2 is 2.08 bits per heavy atom. The molecule has 0 aliphatic carbocycles.